The second-order valence-electron chi connectivity index (χ2n) is 5.04. The van der Waals surface area contributed by atoms with Crippen LogP contribution in [-0.2, 0) is 6.42 Å². The molecule has 0 saturated heterocycles. The van der Waals surface area contributed by atoms with Crippen LogP contribution in [0.15, 0.2) is 33.9 Å². The van der Waals surface area contributed by atoms with E-state index in [1.807, 2.05) is 25.1 Å². The van der Waals surface area contributed by atoms with Crippen LogP contribution in [0.2, 0.25) is 0 Å². The summed E-state index contributed by atoms with van der Waals surface area (Å²) in [6, 6.07) is 5.90. The summed E-state index contributed by atoms with van der Waals surface area (Å²) in [5.74, 6) is 1.86. The van der Waals surface area contributed by atoms with Gasteiger partial charge in [0.05, 0.1) is 0 Å². The molecule has 22 heavy (non-hydrogen) atoms. The molecule has 7 heteroatoms. The Morgan fingerprint density at radius 3 is 2.91 bits per heavy atom. The first-order chi connectivity index (χ1) is 10.7. The first-order valence-corrected chi connectivity index (χ1v) is 7.48. The van der Waals surface area contributed by atoms with E-state index >= 15 is 0 Å². The lowest BCUT2D eigenvalue weighted by molar-refractivity contribution is 0.421. The van der Waals surface area contributed by atoms with Crippen LogP contribution in [0.4, 0.5) is 0 Å². The average molecular weight is 302 g/mol. The van der Waals surface area contributed by atoms with Gasteiger partial charge in [-0.3, -0.25) is 9.98 Å². The highest BCUT2D eigenvalue weighted by atomic mass is 16.5. The summed E-state index contributed by atoms with van der Waals surface area (Å²) in [5, 5.41) is 10.4. The number of hydrogen-bond acceptors (Lipinski definition) is 5. The number of nitrogens with zero attached hydrogens (tertiary/aromatic N) is 4. The molecule has 0 amide bonds. The molecular weight excluding hydrogens is 280 g/mol. The van der Waals surface area contributed by atoms with Gasteiger partial charge in [0.25, 0.3) is 5.89 Å². The largest absolute Gasteiger partial charge is 0.357 e. The number of aromatic nitrogens is 3. The molecule has 2 N–H and O–H groups in total. The van der Waals surface area contributed by atoms with Crippen molar-refractivity contribution in [1.82, 2.24) is 25.8 Å². The second-order valence-corrected chi connectivity index (χ2v) is 5.04. The van der Waals surface area contributed by atoms with Crippen molar-refractivity contribution in [2.24, 2.45) is 4.99 Å². The van der Waals surface area contributed by atoms with Crippen molar-refractivity contribution >= 4 is 5.96 Å². The van der Waals surface area contributed by atoms with Crippen molar-refractivity contribution < 1.29 is 4.52 Å². The number of nitrogens with one attached hydrogen (secondary N) is 2. The molecule has 0 atom stereocenters. The minimum atomic E-state index is 0.332. The van der Waals surface area contributed by atoms with E-state index < -0.39 is 0 Å². The fraction of sp³-hybridized carbons (Fsp3) is 0.467. The Kier molecular flexibility index (Phi) is 5.88. The van der Waals surface area contributed by atoms with E-state index in [0.29, 0.717) is 36.4 Å². The van der Waals surface area contributed by atoms with Crippen LogP contribution in [-0.4, -0.2) is 40.2 Å². The Bertz CT molecular complexity index is 593. The zero-order valence-corrected chi connectivity index (χ0v) is 13.2. The smallest absolute Gasteiger partial charge is 0.276 e. The molecule has 2 rings (SSSR count). The molecule has 0 aliphatic carbocycles. The van der Waals surface area contributed by atoms with Crippen LogP contribution in [0.25, 0.3) is 11.6 Å². The monoisotopic (exact) mass is 302 g/mol. The Morgan fingerprint density at radius 2 is 2.23 bits per heavy atom. The highest BCUT2D eigenvalue weighted by molar-refractivity contribution is 5.79. The van der Waals surface area contributed by atoms with Gasteiger partial charge >= 0.3 is 0 Å². The molecule has 0 unspecified atom stereocenters. The zero-order chi connectivity index (χ0) is 15.8. The molecule has 2 heterocycles. The summed E-state index contributed by atoms with van der Waals surface area (Å²) in [5.41, 5.74) is 0.680. The number of rotatable bonds is 6. The lowest BCUT2D eigenvalue weighted by Gasteiger charge is -2.13. The third kappa shape index (κ3) is 4.83. The summed E-state index contributed by atoms with van der Waals surface area (Å²) in [6.07, 6.45) is 2.31. The van der Waals surface area contributed by atoms with Gasteiger partial charge in [0.15, 0.2) is 11.8 Å². The second kappa shape index (κ2) is 8.11. The van der Waals surface area contributed by atoms with Crippen LogP contribution in [0.1, 0.15) is 26.6 Å². The number of guanidine groups is 1. The third-order valence-electron chi connectivity index (χ3n) is 2.73. The van der Waals surface area contributed by atoms with E-state index in [2.05, 4.69) is 44.6 Å². The van der Waals surface area contributed by atoms with Gasteiger partial charge in [-0.1, -0.05) is 11.2 Å². The van der Waals surface area contributed by atoms with E-state index in [9.17, 15) is 0 Å². The van der Waals surface area contributed by atoms with Crippen molar-refractivity contribution in [1.29, 1.82) is 0 Å². The highest BCUT2D eigenvalue weighted by Crippen LogP contribution is 2.13. The van der Waals surface area contributed by atoms with E-state index in [0.717, 1.165) is 12.5 Å². The normalized spacial score (nSPS) is 11.7. The van der Waals surface area contributed by atoms with Crippen molar-refractivity contribution in [3.63, 3.8) is 0 Å². The molecule has 7 nitrogen and oxygen atoms in total. The van der Waals surface area contributed by atoms with E-state index in [1.165, 1.54) is 0 Å². The van der Waals surface area contributed by atoms with Gasteiger partial charge in [-0.25, -0.2) is 0 Å². The molecule has 0 aliphatic rings. The number of pyridine rings is 1. The fourth-order valence-electron chi connectivity index (χ4n) is 1.81. The third-order valence-corrected chi connectivity index (χ3v) is 2.73. The van der Waals surface area contributed by atoms with Gasteiger partial charge in [-0.05, 0) is 32.9 Å². The topological polar surface area (TPSA) is 88.2 Å². The van der Waals surface area contributed by atoms with Crippen LogP contribution in [0.3, 0.4) is 0 Å². The standard InChI is InChI=1S/C15H22N6O/c1-4-16-15(19-11(2)3)18-10-8-13-20-14(22-21-13)12-7-5-6-9-17-12/h5-7,9,11H,4,8,10H2,1-3H3,(H2,16,18,19). The predicted octanol–water partition coefficient (Wildman–Crippen LogP) is 1.64. The Morgan fingerprint density at radius 1 is 1.36 bits per heavy atom. The van der Waals surface area contributed by atoms with Crippen molar-refractivity contribution in [3.8, 4) is 11.6 Å². The molecular formula is C15H22N6O. The van der Waals surface area contributed by atoms with Crippen LogP contribution < -0.4 is 10.6 Å². The molecule has 2 aromatic heterocycles. The summed E-state index contributed by atoms with van der Waals surface area (Å²) in [4.78, 5) is 13.0. The van der Waals surface area contributed by atoms with Gasteiger partial charge in [0, 0.05) is 31.7 Å². The summed E-state index contributed by atoms with van der Waals surface area (Å²) >= 11 is 0. The maximum atomic E-state index is 5.22. The van der Waals surface area contributed by atoms with Crippen LogP contribution in [0, 0.1) is 0 Å². The van der Waals surface area contributed by atoms with Gasteiger partial charge in [0.2, 0.25) is 0 Å². The maximum Gasteiger partial charge on any atom is 0.276 e. The highest BCUT2D eigenvalue weighted by Gasteiger charge is 2.09. The molecule has 0 bridgehead atoms. The molecule has 0 spiro atoms. The van der Waals surface area contributed by atoms with Crippen LogP contribution >= 0.6 is 0 Å². The van der Waals surface area contributed by atoms with E-state index in [1.54, 1.807) is 6.20 Å². The number of hydrogen-bond donors (Lipinski definition) is 2. The summed E-state index contributed by atoms with van der Waals surface area (Å²) in [7, 11) is 0. The lowest BCUT2D eigenvalue weighted by Crippen LogP contribution is -2.41. The predicted molar refractivity (Wildman–Crippen MR) is 85.5 cm³/mol. The maximum absolute atomic E-state index is 5.22. The summed E-state index contributed by atoms with van der Waals surface area (Å²) in [6.45, 7) is 7.60. The molecule has 0 saturated carbocycles. The van der Waals surface area contributed by atoms with E-state index in [4.69, 9.17) is 4.52 Å². The SMILES string of the molecule is CCNC(=NCCc1noc(-c2ccccn2)n1)NC(C)C. The van der Waals surface area contributed by atoms with Gasteiger partial charge < -0.3 is 15.2 Å². The first kappa shape index (κ1) is 15.9. The fourth-order valence-corrected chi connectivity index (χ4v) is 1.81. The first-order valence-electron chi connectivity index (χ1n) is 7.48. The zero-order valence-electron chi connectivity index (χ0n) is 13.2. The molecule has 118 valence electrons. The Balaban J connectivity index is 1.93. The molecule has 0 fully saturated rings. The Hall–Kier alpha value is -2.44. The molecule has 0 aromatic carbocycles. The summed E-state index contributed by atoms with van der Waals surface area (Å²) < 4.78 is 5.22. The molecule has 0 aliphatic heterocycles. The van der Waals surface area contributed by atoms with Crippen LogP contribution in [0.5, 0.6) is 0 Å². The minimum absolute atomic E-state index is 0.332. The van der Waals surface area contributed by atoms with Crippen molar-refractivity contribution in [2.75, 3.05) is 13.1 Å². The van der Waals surface area contributed by atoms with E-state index in [-0.39, 0.29) is 0 Å². The number of aliphatic imine (C=N–C) groups is 1. The van der Waals surface area contributed by atoms with Crippen molar-refractivity contribution in [3.05, 3.63) is 30.2 Å². The average Bonchev–Trinajstić information content (AvgIpc) is 2.97. The lowest BCUT2D eigenvalue weighted by atomic mass is 10.3. The molecule has 2 aromatic rings. The molecule has 0 radical (unpaired) electrons. The minimum Gasteiger partial charge on any atom is -0.357 e. The Labute approximate surface area is 130 Å². The van der Waals surface area contributed by atoms with Crippen molar-refractivity contribution in [2.45, 2.75) is 33.2 Å². The quantitative estimate of drug-likeness (QED) is 0.623. The van der Waals surface area contributed by atoms with Gasteiger partial charge in [0.1, 0.15) is 5.69 Å². The van der Waals surface area contributed by atoms with Gasteiger partial charge in [-0.15, -0.1) is 0 Å². The van der Waals surface area contributed by atoms with Gasteiger partial charge in [-0.2, -0.15) is 4.98 Å².